The maximum atomic E-state index is 11.6. The fraction of sp³-hybridized carbons (Fsp3) is 0.174. The van der Waals surface area contributed by atoms with Crippen molar-refractivity contribution >= 4 is 22.4 Å². The van der Waals surface area contributed by atoms with Gasteiger partial charge in [0, 0.05) is 17.2 Å². The highest BCUT2D eigenvalue weighted by Gasteiger charge is 2.38. The van der Waals surface area contributed by atoms with E-state index in [4.69, 9.17) is 5.73 Å². The van der Waals surface area contributed by atoms with E-state index in [0.717, 1.165) is 12.1 Å². The van der Waals surface area contributed by atoms with Gasteiger partial charge in [-0.3, -0.25) is 4.79 Å². The predicted molar refractivity (Wildman–Crippen MR) is 105 cm³/mol. The molecule has 1 heterocycles. The summed E-state index contributed by atoms with van der Waals surface area (Å²) in [5, 5.41) is 6.32. The molecule has 3 unspecified atom stereocenters. The molecule has 0 saturated heterocycles. The Balaban J connectivity index is 1.65. The molecule has 1 aliphatic carbocycles. The van der Waals surface area contributed by atoms with Gasteiger partial charge in [0.15, 0.2) is 0 Å². The van der Waals surface area contributed by atoms with Gasteiger partial charge in [-0.15, -0.1) is 0 Å². The summed E-state index contributed by atoms with van der Waals surface area (Å²) < 4.78 is 0. The highest BCUT2D eigenvalue weighted by atomic mass is 16.1. The zero-order valence-electron chi connectivity index (χ0n) is 14.4. The van der Waals surface area contributed by atoms with Crippen molar-refractivity contribution in [1.82, 2.24) is 0 Å². The summed E-state index contributed by atoms with van der Waals surface area (Å²) in [6, 6.07) is 21.1. The molecule has 0 radical (unpaired) electrons. The minimum Gasteiger partial charge on any atom is -0.378 e. The zero-order valence-corrected chi connectivity index (χ0v) is 14.4. The number of rotatable bonds is 2. The van der Waals surface area contributed by atoms with E-state index in [2.05, 4.69) is 59.9 Å². The highest BCUT2D eigenvalue weighted by molar-refractivity contribution is 5.94. The molecule has 3 aromatic rings. The van der Waals surface area contributed by atoms with Crippen molar-refractivity contribution in [3.8, 4) is 0 Å². The van der Waals surface area contributed by atoms with Gasteiger partial charge < -0.3 is 11.1 Å². The molecule has 128 valence electrons. The van der Waals surface area contributed by atoms with Crippen LogP contribution in [0.25, 0.3) is 10.8 Å². The molecule has 5 rings (SSSR count). The highest BCUT2D eigenvalue weighted by Crippen LogP contribution is 2.50. The van der Waals surface area contributed by atoms with Crippen LogP contribution in [-0.4, -0.2) is 5.91 Å². The Morgan fingerprint density at radius 2 is 1.85 bits per heavy atom. The average Bonchev–Trinajstić information content (AvgIpc) is 3.16. The van der Waals surface area contributed by atoms with Gasteiger partial charge in [-0.2, -0.15) is 0 Å². The second-order valence-electron chi connectivity index (χ2n) is 7.21. The zero-order chi connectivity index (χ0) is 17.7. The maximum Gasteiger partial charge on any atom is 0.248 e. The fourth-order valence-corrected chi connectivity index (χ4v) is 4.58. The molecule has 26 heavy (non-hydrogen) atoms. The smallest absolute Gasteiger partial charge is 0.248 e. The van der Waals surface area contributed by atoms with Gasteiger partial charge in [-0.1, -0.05) is 54.6 Å². The molecule has 0 aromatic heterocycles. The van der Waals surface area contributed by atoms with Crippen LogP contribution in [0.2, 0.25) is 0 Å². The molecular formula is C23H20N2O. The van der Waals surface area contributed by atoms with Crippen LogP contribution >= 0.6 is 0 Å². The first kappa shape index (κ1) is 15.2. The van der Waals surface area contributed by atoms with Gasteiger partial charge in [-0.25, -0.2) is 0 Å². The number of nitrogens with two attached hydrogens (primary N) is 1. The number of allylic oxidation sites excluding steroid dienone is 2. The van der Waals surface area contributed by atoms with E-state index in [1.807, 2.05) is 18.2 Å². The third-order valence-corrected chi connectivity index (χ3v) is 5.81. The Morgan fingerprint density at radius 3 is 2.73 bits per heavy atom. The van der Waals surface area contributed by atoms with E-state index < -0.39 is 0 Å². The lowest BCUT2D eigenvalue weighted by atomic mass is 9.76. The van der Waals surface area contributed by atoms with Gasteiger partial charge in [-0.05, 0) is 52.4 Å². The molecule has 0 spiro atoms. The lowest BCUT2D eigenvalue weighted by molar-refractivity contribution is 0.1000. The molecule has 0 saturated carbocycles. The summed E-state index contributed by atoms with van der Waals surface area (Å²) in [7, 11) is 0. The minimum absolute atomic E-state index is 0.244. The van der Waals surface area contributed by atoms with Crippen LogP contribution in [0.3, 0.4) is 0 Å². The number of hydrogen-bond acceptors (Lipinski definition) is 2. The molecule has 3 aromatic carbocycles. The molecule has 3 atom stereocenters. The number of hydrogen-bond donors (Lipinski definition) is 2. The molecule has 3 nitrogen and oxygen atoms in total. The third-order valence-electron chi connectivity index (χ3n) is 5.81. The molecule has 1 aliphatic heterocycles. The largest absolute Gasteiger partial charge is 0.378 e. The van der Waals surface area contributed by atoms with Crippen molar-refractivity contribution in [3.05, 3.63) is 89.5 Å². The van der Waals surface area contributed by atoms with Crippen LogP contribution in [0.15, 0.2) is 72.8 Å². The van der Waals surface area contributed by atoms with Crippen LogP contribution in [0, 0.1) is 5.92 Å². The first-order valence-corrected chi connectivity index (χ1v) is 9.07. The van der Waals surface area contributed by atoms with Gasteiger partial charge >= 0.3 is 0 Å². The second kappa shape index (κ2) is 5.73. The fourth-order valence-electron chi connectivity index (χ4n) is 4.58. The number of benzene rings is 3. The molecular weight excluding hydrogens is 320 g/mol. The van der Waals surface area contributed by atoms with Crippen molar-refractivity contribution in [2.45, 2.75) is 18.4 Å². The quantitative estimate of drug-likeness (QED) is 0.661. The Kier molecular flexibility index (Phi) is 3.35. The number of carbonyl (C=O) groups excluding carboxylic acids is 1. The van der Waals surface area contributed by atoms with Crippen molar-refractivity contribution < 1.29 is 4.79 Å². The molecule has 3 N–H and O–H groups in total. The summed E-state index contributed by atoms with van der Waals surface area (Å²) in [5.41, 5.74) is 9.68. The number of carbonyl (C=O) groups is 1. The maximum absolute atomic E-state index is 11.6. The average molecular weight is 340 g/mol. The molecule has 1 amide bonds. The Labute approximate surface area is 152 Å². The molecule has 2 aliphatic rings. The van der Waals surface area contributed by atoms with Crippen LogP contribution in [0.1, 0.15) is 39.9 Å². The summed E-state index contributed by atoms with van der Waals surface area (Å²) in [5.74, 6) is 0.383. The summed E-state index contributed by atoms with van der Waals surface area (Å²) in [6.45, 7) is 0. The Hall–Kier alpha value is -3.07. The summed E-state index contributed by atoms with van der Waals surface area (Å²) >= 11 is 0. The van der Waals surface area contributed by atoms with E-state index in [-0.39, 0.29) is 11.9 Å². The van der Waals surface area contributed by atoms with E-state index in [0.29, 0.717) is 17.4 Å². The number of anilines is 1. The Bertz CT molecular complexity index is 1050. The summed E-state index contributed by atoms with van der Waals surface area (Å²) in [6.07, 6.45) is 5.58. The van der Waals surface area contributed by atoms with Crippen LogP contribution in [0.4, 0.5) is 5.69 Å². The molecule has 0 fully saturated rings. The SMILES string of the molecule is NC(=O)c1ccc2c(c1)C1C=CCC1C(c1cccc3ccccc13)N2. The monoisotopic (exact) mass is 340 g/mol. The van der Waals surface area contributed by atoms with Gasteiger partial charge in [0.1, 0.15) is 0 Å². The van der Waals surface area contributed by atoms with E-state index >= 15 is 0 Å². The van der Waals surface area contributed by atoms with Crippen LogP contribution in [-0.2, 0) is 0 Å². The van der Waals surface area contributed by atoms with Gasteiger partial charge in [0.05, 0.1) is 6.04 Å². The predicted octanol–water partition coefficient (Wildman–Crippen LogP) is 4.77. The van der Waals surface area contributed by atoms with Crippen molar-refractivity contribution in [2.75, 3.05) is 5.32 Å². The minimum atomic E-state index is -0.373. The van der Waals surface area contributed by atoms with E-state index in [1.54, 1.807) is 0 Å². The third kappa shape index (κ3) is 2.24. The standard InChI is InChI=1S/C23H20N2O/c24-23(26)15-11-12-21-20(13-15)17-8-4-10-19(17)22(25-21)18-9-3-6-14-5-1-2-7-16(14)18/h1-9,11-13,17,19,22,25H,10H2,(H2,24,26). The van der Waals surface area contributed by atoms with Crippen molar-refractivity contribution in [2.24, 2.45) is 11.7 Å². The second-order valence-corrected chi connectivity index (χ2v) is 7.21. The number of nitrogens with one attached hydrogen (secondary N) is 1. The lowest BCUT2D eigenvalue weighted by Gasteiger charge is -2.38. The normalized spacial score (nSPS) is 23.3. The van der Waals surface area contributed by atoms with Gasteiger partial charge in [0.2, 0.25) is 5.91 Å². The first-order valence-electron chi connectivity index (χ1n) is 9.07. The lowest BCUT2D eigenvalue weighted by Crippen LogP contribution is -2.29. The van der Waals surface area contributed by atoms with Crippen LogP contribution < -0.4 is 11.1 Å². The summed E-state index contributed by atoms with van der Waals surface area (Å²) in [4.78, 5) is 11.6. The Morgan fingerprint density at radius 1 is 1.00 bits per heavy atom. The number of primary amides is 1. The van der Waals surface area contributed by atoms with Crippen molar-refractivity contribution in [1.29, 1.82) is 0 Å². The first-order chi connectivity index (χ1) is 12.7. The molecule has 3 heteroatoms. The van der Waals surface area contributed by atoms with Gasteiger partial charge in [0.25, 0.3) is 0 Å². The number of amides is 1. The van der Waals surface area contributed by atoms with E-state index in [1.165, 1.54) is 21.9 Å². The number of fused-ring (bicyclic) bond motifs is 4. The topological polar surface area (TPSA) is 55.1 Å². The van der Waals surface area contributed by atoms with Crippen molar-refractivity contribution in [3.63, 3.8) is 0 Å². The van der Waals surface area contributed by atoms with E-state index in [9.17, 15) is 4.79 Å². The molecule has 0 bridgehead atoms. The van der Waals surface area contributed by atoms with Crippen LogP contribution in [0.5, 0.6) is 0 Å².